The predicted molar refractivity (Wildman–Crippen MR) is 62.7 cm³/mol. The molecule has 0 saturated carbocycles. The summed E-state index contributed by atoms with van der Waals surface area (Å²) in [6.07, 6.45) is 1.01. The average molecular weight is 310 g/mol. The van der Waals surface area contributed by atoms with Gasteiger partial charge in [0.25, 0.3) is 5.91 Å². The predicted octanol–water partition coefficient (Wildman–Crippen LogP) is 2.01. The van der Waals surface area contributed by atoms with E-state index in [4.69, 9.17) is 0 Å². The second-order valence-corrected chi connectivity index (χ2v) is 4.69. The first-order chi connectivity index (χ1) is 6.24. The maximum absolute atomic E-state index is 11.4. The van der Waals surface area contributed by atoms with Crippen molar-refractivity contribution in [1.82, 2.24) is 10.3 Å². The number of halogens is 1. The second-order valence-electron chi connectivity index (χ2n) is 2.55. The molecule has 1 rings (SSSR count). The Morgan fingerprint density at radius 1 is 1.77 bits per heavy atom. The van der Waals surface area contributed by atoms with Gasteiger partial charge in [-0.15, -0.1) is 11.3 Å². The summed E-state index contributed by atoms with van der Waals surface area (Å²) in [5, 5.41) is 5.53. The molecular weight excluding hydrogens is 299 g/mol. The Morgan fingerprint density at radius 2 is 2.54 bits per heavy atom. The van der Waals surface area contributed by atoms with Crippen molar-refractivity contribution in [2.75, 3.05) is 11.0 Å². The van der Waals surface area contributed by atoms with Crippen molar-refractivity contribution in [2.24, 2.45) is 0 Å². The standard InChI is InChI=1S/C8H11IN2OS/c1-6-11-7(5-13-6)8(12)10-4-2-3-9/h5H,2-4H2,1H3,(H,10,12). The molecule has 0 bridgehead atoms. The number of amides is 1. The fourth-order valence-electron chi connectivity index (χ4n) is 0.827. The molecule has 1 N–H and O–H groups in total. The van der Waals surface area contributed by atoms with Gasteiger partial charge in [-0.3, -0.25) is 4.79 Å². The Bertz CT molecular complexity index is 287. The summed E-state index contributed by atoms with van der Waals surface area (Å²) < 4.78 is 1.06. The Morgan fingerprint density at radius 3 is 3.08 bits per heavy atom. The van der Waals surface area contributed by atoms with Crippen molar-refractivity contribution >= 4 is 39.8 Å². The van der Waals surface area contributed by atoms with E-state index in [0.717, 1.165) is 22.4 Å². The molecule has 0 aromatic carbocycles. The van der Waals surface area contributed by atoms with E-state index in [0.29, 0.717) is 5.69 Å². The summed E-state index contributed by atoms with van der Waals surface area (Å²) in [5.74, 6) is -0.0609. The van der Waals surface area contributed by atoms with Crippen LogP contribution in [0.1, 0.15) is 21.9 Å². The van der Waals surface area contributed by atoms with E-state index < -0.39 is 0 Å². The highest BCUT2D eigenvalue weighted by Gasteiger charge is 2.07. The van der Waals surface area contributed by atoms with E-state index >= 15 is 0 Å². The molecule has 0 aliphatic heterocycles. The van der Waals surface area contributed by atoms with Crippen LogP contribution in [0.5, 0.6) is 0 Å². The lowest BCUT2D eigenvalue weighted by Gasteiger charge is -1.99. The highest BCUT2D eigenvalue weighted by Crippen LogP contribution is 2.07. The number of hydrogen-bond donors (Lipinski definition) is 1. The lowest BCUT2D eigenvalue weighted by Crippen LogP contribution is -2.24. The summed E-state index contributed by atoms with van der Waals surface area (Å²) in [6, 6.07) is 0. The maximum atomic E-state index is 11.4. The molecule has 1 aromatic rings. The number of thiazole rings is 1. The van der Waals surface area contributed by atoms with Gasteiger partial charge in [0.05, 0.1) is 5.01 Å². The van der Waals surface area contributed by atoms with E-state index in [9.17, 15) is 4.79 Å². The number of carbonyl (C=O) groups excluding carboxylic acids is 1. The number of rotatable bonds is 4. The zero-order valence-corrected chi connectivity index (χ0v) is 10.3. The third-order valence-electron chi connectivity index (χ3n) is 1.45. The van der Waals surface area contributed by atoms with Gasteiger partial charge in [0, 0.05) is 16.4 Å². The van der Waals surface area contributed by atoms with Crippen LogP contribution in [0.25, 0.3) is 0 Å². The van der Waals surface area contributed by atoms with Crippen molar-refractivity contribution in [3.05, 3.63) is 16.1 Å². The van der Waals surface area contributed by atoms with Gasteiger partial charge in [-0.25, -0.2) is 4.98 Å². The molecule has 0 fully saturated rings. The Hall–Kier alpha value is -0.170. The topological polar surface area (TPSA) is 42.0 Å². The van der Waals surface area contributed by atoms with Gasteiger partial charge < -0.3 is 5.32 Å². The minimum absolute atomic E-state index is 0.0609. The zero-order valence-electron chi connectivity index (χ0n) is 7.34. The van der Waals surface area contributed by atoms with Crippen LogP contribution in [0.2, 0.25) is 0 Å². The van der Waals surface area contributed by atoms with Crippen LogP contribution in [0, 0.1) is 6.92 Å². The molecule has 13 heavy (non-hydrogen) atoms. The first kappa shape index (κ1) is 10.9. The fraction of sp³-hybridized carbons (Fsp3) is 0.500. The molecule has 5 heteroatoms. The molecule has 1 aromatic heterocycles. The lowest BCUT2D eigenvalue weighted by molar-refractivity contribution is 0.0949. The van der Waals surface area contributed by atoms with Crippen LogP contribution in [0.15, 0.2) is 5.38 Å². The molecule has 0 aliphatic carbocycles. The molecule has 0 saturated heterocycles. The SMILES string of the molecule is Cc1nc(C(=O)NCCCI)cs1. The molecule has 1 heterocycles. The monoisotopic (exact) mass is 310 g/mol. The maximum Gasteiger partial charge on any atom is 0.270 e. The van der Waals surface area contributed by atoms with E-state index in [1.54, 1.807) is 5.38 Å². The van der Waals surface area contributed by atoms with Crippen LogP contribution in [-0.2, 0) is 0 Å². The molecule has 1 amide bonds. The molecule has 72 valence electrons. The smallest absolute Gasteiger partial charge is 0.270 e. The van der Waals surface area contributed by atoms with Gasteiger partial charge in [-0.1, -0.05) is 22.6 Å². The van der Waals surface area contributed by atoms with Crippen molar-refractivity contribution in [3.8, 4) is 0 Å². The Labute approximate surface area is 95.1 Å². The Balaban J connectivity index is 2.40. The second kappa shape index (κ2) is 5.54. The van der Waals surface area contributed by atoms with Gasteiger partial charge in [0.1, 0.15) is 5.69 Å². The lowest BCUT2D eigenvalue weighted by atomic mass is 10.4. The van der Waals surface area contributed by atoms with E-state index in [-0.39, 0.29) is 5.91 Å². The summed E-state index contributed by atoms with van der Waals surface area (Å²) in [7, 11) is 0. The summed E-state index contributed by atoms with van der Waals surface area (Å²) in [6.45, 7) is 2.63. The molecular formula is C8H11IN2OS. The molecule has 3 nitrogen and oxygen atoms in total. The number of hydrogen-bond acceptors (Lipinski definition) is 3. The number of nitrogens with one attached hydrogen (secondary N) is 1. The highest BCUT2D eigenvalue weighted by molar-refractivity contribution is 14.1. The summed E-state index contributed by atoms with van der Waals surface area (Å²) in [4.78, 5) is 15.5. The molecule has 0 spiro atoms. The quantitative estimate of drug-likeness (QED) is 0.525. The normalized spacial score (nSPS) is 10.0. The number of aromatic nitrogens is 1. The van der Waals surface area contributed by atoms with Gasteiger partial charge >= 0.3 is 0 Å². The van der Waals surface area contributed by atoms with Gasteiger partial charge in [-0.05, 0) is 13.3 Å². The van der Waals surface area contributed by atoms with Crippen molar-refractivity contribution in [2.45, 2.75) is 13.3 Å². The number of aryl methyl sites for hydroxylation is 1. The third-order valence-corrected chi connectivity index (χ3v) is 2.98. The minimum Gasteiger partial charge on any atom is -0.351 e. The molecule has 0 aliphatic rings. The average Bonchev–Trinajstić information content (AvgIpc) is 2.52. The van der Waals surface area contributed by atoms with Crippen molar-refractivity contribution in [3.63, 3.8) is 0 Å². The molecule has 0 radical (unpaired) electrons. The van der Waals surface area contributed by atoms with Crippen LogP contribution in [0.3, 0.4) is 0 Å². The first-order valence-corrected chi connectivity index (χ1v) is 6.41. The number of carbonyl (C=O) groups is 1. The van der Waals surface area contributed by atoms with E-state index in [1.807, 2.05) is 6.92 Å². The Kier molecular flexibility index (Phi) is 4.65. The fourth-order valence-corrected chi connectivity index (χ4v) is 1.80. The highest BCUT2D eigenvalue weighted by atomic mass is 127. The van der Waals surface area contributed by atoms with Crippen LogP contribution >= 0.6 is 33.9 Å². The zero-order chi connectivity index (χ0) is 9.68. The van der Waals surface area contributed by atoms with E-state index in [1.165, 1.54) is 11.3 Å². The van der Waals surface area contributed by atoms with Crippen molar-refractivity contribution in [1.29, 1.82) is 0 Å². The van der Waals surface area contributed by atoms with Crippen molar-refractivity contribution < 1.29 is 4.79 Å². The summed E-state index contributed by atoms with van der Waals surface area (Å²) >= 11 is 3.79. The van der Waals surface area contributed by atoms with Gasteiger partial charge in [0.15, 0.2) is 0 Å². The van der Waals surface area contributed by atoms with Crippen LogP contribution < -0.4 is 5.32 Å². The number of alkyl halides is 1. The molecule has 0 unspecified atom stereocenters. The third kappa shape index (κ3) is 3.60. The van der Waals surface area contributed by atoms with E-state index in [2.05, 4.69) is 32.9 Å². The largest absolute Gasteiger partial charge is 0.351 e. The summed E-state index contributed by atoms with van der Waals surface area (Å²) in [5.41, 5.74) is 0.538. The van der Waals surface area contributed by atoms with Crippen LogP contribution in [-0.4, -0.2) is 21.9 Å². The van der Waals surface area contributed by atoms with Crippen LogP contribution in [0.4, 0.5) is 0 Å². The van der Waals surface area contributed by atoms with Gasteiger partial charge in [0.2, 0.25) is 0 Å². The first-order valence-electron chi connectivity index (χ1n) is 4.00. The molecule has 0 atom stereocenters. The minimum atomic E-state index is -0.0609. The van der Waals surface area contributed by atoms with Gasteiger partial charge in [-0.2, -0.15) is 0 Å². The number of nitrogens with zero attached hydrogens (tertiary/aromatic N) is 1.